The van der Waals surface area contributed by atoms with Gasteiger partial charge in [0.2, 0.25) is 0 Å². The van der Waals surface area contributed by atoms with Crippen LogP contribution in [0.1, 0.15) is 12.0 Å². The summed E-state index contributed by atoms with van der Waals surface area (Å²) in [5.41, 5.74) is 2.39. The molecule has 2 saturated heterocycles. The summed E-state index contributed by atoms with van der Waals surface area (Å²) >= 11 is 0. The van der Waals surface area contributed by atoms with Crippen molar-refractivity contribution in [1.82, 2.24) is 10.3 Å². The molecule has 0 spiro atoms. The van der Waals surface area contributed by atoms with Crippen molar-refractivity contribution in [3.05, 3.63) is 24.0 Å². The van der Waals surface area contributed by atoms with Gasteiger partial charge in [0.05, 0.1) is 18.5 Å². The summed E-state index contributed by atoms with van der Waals surface area (Å²) in [5, 5.41) is 3.51. The topological polar surface area (TPSA) is 37.4 Å². The summed E-state index contributed by atoms with van der Waals surface area (Å²) in [6.45, 7) is 2.86. The minimum atomic E-state index is 0.640. The van der Waals surface area contributed by atoms with E-state index in [1.54, 1.807) is 7.11 Å². The second kappa shape index (κ2) is 4.03. The Hall–Kier alpha value is -1.13. The number of fused-ring (bicyclic) bond motifs is 2. The molecule has 0 aliphatic carbocycles. The van der Waals surface area contributed by atoms with Crippen LogP contribution >= 0.6 is 0 Å². The van der Waals surface area contributed by atoms with Gasteiger partial charge in [0.1, 0.15) is 0 Å². The Labute approximate surface area is 95.6 Å². The Morgan fingerprint density at radius 3 is 3.19 bits per heavy atom. The van der Waals surface area contributed by atoms with Crippen molar-refractivity contribution in [3.63, 3.8) is 0 Å². The molecule has 0 radical (unpaired) electrons. The first-order chi connectivity index (χ1) is 7.86. The molecule has 86 valence electrons. The Morgan fingerprint density at radius 1 is 1.56 bits per heavy atom. The van der Waals surface area contributed by atoms with Crippen LogP contribution in [0.4, 0.5) is 5.69 Å². The molecule has 1 N–H and O–H groups in total. The number of ether oxygens (including phenoxy) is 1. The van der Waals surface area contributed by atoms with Crippen LogP contribution in [0.5, 0.6) is 0 Å². The van der Waals surface area contributed by atoms with Gasteiger partial charge in [-0.2, -0.15) is 0 Å². The molecule has 0 amide bonds. The maximum absolute atomic E-state index is 5.14. The number of aromatic nitrogens is 1. The molecule has 4 heteroatoms. The van der Waals surface area contributed by atoms with Gasteiger partial charge in [0.15, 0.2) is 0 Å². The van der Waals surface area contributed by atoms with E-state index in [1.165, 1.54) is 12.1 Å². The average Bonchev–Trinajstić information content (AvgIpc) is 2.91. The van der Waals surface area contributed by atoms with Gasteiger partial charge in [0, 0.05) is 38.5 Å². The van der Waals surface area contributed by atoms with Gasteiger partial charge >= 0.3 is 0 Å². The summed E-state index contributed by atoms with van der Waals surface area (Å²) in [4.78, 5) is 6.75. The number of pyridine rings is 1. The largest absolute Gasteiger partial charge is 0.380 e. The number of rotatable bonds is 3. The van der Waals surface area contributed by atoms with Crippen molar-refractivity contribution >= 4 is 5.69 Å². The number of methoxy groups -OCH3 is 1. The molecule has 0 aromatic carbocycles. The van der Waals surface area contributed by atoms with Crippen LogP contribution in [0, 0.1) is 0 Å². The fourth-order valence-corrected chi connectivity index (χ4v) is 2.75. The Kier molecular flexibility index (Phi) is 2.53. The fourth-order valence-electron chi connectivity index (χ4n) is 2.75. The van der Waals surface area contributed by atoms with E-state index in [1.807, 2.05) is 12.4 Å². The average molecular weight is 219 g/mol. The highest BCUT2D eigenvalue weighted by Crippen LogP contribution is 2.29. The smallest absolute Gasteiger partial charge is 0.0728 e. The lowest BCUT2D eigenvalue weighted by Gasteiger charge is -2.29. The molecular formula is C12H17N3O. The predicted molar refractivity (Wildman–Crippen MR) is 62.5 cm³/mol. The molecule has 2 aliphatic rings. The van der Waals surface area contributed by atoms with Crippen molar-refractivity contribution in [2.24, 2.45) is 0 Å². The summed E-state index contributed by atoms with van der Waals surface area (Å²) in [6, 6.07) is 3.53. The lowest BCUT2D eigenvalue weighted by Crippen LogP contribution is -2.43. The molecule has 0 unspecified atom stereocenters. The van der Waals surface area contributed by atoms with Gasteiger partial charge in [-0.25, -0.2) is 0 Å². The Bertz CT molecular complexity index is 382. The number of nitrogens with zero attached hydrogens (tertiary/aromatic N) is 2. The summed E-state index contributed by atoms with van der Waals surface area (Å²) in [6.07, 6.45) is 5.11. The van der Waals surface area contributed by atoms with E-state index in [0.29, 0.717) is 18.7 Å². The molecule has 1 aromatic heterocycles. The summed E-state index contributed by atoms with van der Waals surface area (Å²) in [5.74, 6) is 0. The first kappa shape index (κ1) is 10.1. The Morgan fingerprint density at radius 2 is 2.50 bits per heavy atom. The van der Waals surface area contributed by atoms with Crippen molar-refractivity contribution in [2.75, 3.05) is 25.1 Å². The van der Waals surface area contributed by atoms with E-state index in [0.717, 1.165) is 18.7 Å². The Balaban J connectivity index is 1.81. The first-order valence-corrected chi connectivity index (χ1v) is 5.79. The van der Waals surface area contributed by atoms with Gasteiger partial charge in [-0.3, -0.25) is 4.98 Å². The van der Waals surface area contributed by atoms with Crippen LogP contribution in [0.3, 0.4) is 0 Å². The molecule has 0 saturated carbocycles. The van der Waals surface area contributed by atoms with Gasteiger partial charge in [0.25, 0.3) is 0 Å². The lowest BCUT2D eigenvalue weighted by atomic mass is 10.2. The molecule has 2 bridgehead atoms. The lowest BCUT2D eigenvalue weighted by molar-refractivity contribution is 0.184. The highest BCUT2D eigenvalue weighted by Gasteiger charge is 2.37. The van der Waals surface area contributed by atoms with E-state index in [4.69, 9.17) is 4.74 Å². The predicted octanol–water partition coefficient (Wildman–Crippen LogP) is 0.778. The molecule has 4 nitrogen and oxygen atoms in total. The van der Waals surface area contributed by atoms with Gasteiger partial charge in [-0.1, -0.05) is 0 Å². The van der Waals surface area contributed by atoms with E-state index < -0.39 is 0 Å². The van der Waals surface area contributed by atoms with Crippen molar-refractivity contribution in [2.45, 2.75) is 25.1 Å². The molecule has 2 fully saturated rings. The van der Waals surface area contributed by atoms with Gasteiger partial charge in [-0.15, -0.1) is 0 Å². The van der Waals surface area contributed by atoms with Crippen LogP contribution < -0.4 is 10.2 Å². The van der Waals surface area contributed by atoms with Crippen molar-refractivity contribution in [3.8, 4) is 0 Å². The number of hydrogen-bond acceptors (Lipinski definition) is 4. The highest BCUT2D eigenvalue weighted by atomic mass is 16.5. The zero-order chi connectivity index (χ0) is 11.0. The number of hydrogen-bond donors (Lipinski definition) is 1. The highest BCUT2D eigenvalue weighted by molar-refractivity contribution is 5.49. The monoisotopic (exact) mass is 219 g/mol. The quantitative estimate of drug-likeness (QED) is 0.815. The second-order valence-corrected chi connectivity index (χ2v) is 4.63. The first-order valence-electron chi connectivity index (χ1n) is 5.79. The third kappa shape index (κ3) is 1.68. The molecule has 3 rings (SSSR count). The van der Waals surface area contributed by atoms with Crippen LogP contribution in [0.15, 0.2) is 18.5 Å². The molecule has 3 heterocycles. The second-order valence-electron chi connectivity index (χ2n) is 4.63. The number of anilines is 1. The van der Waals surface area contributed by atoms with Crippen molar-refractivity contribution in [1.29, 1.82) is 0 Å². The summed E-state index contributed by atoms with van der Waals surface area (Å²) < 4.78 is 5.14. The standard InChI is InChI=1S/C12H17N3O/c1-16-8-9-2-11(5-13-4-9)15-7-10-3-12(15)6-14-10/h2,4-5,10,12,14H,3,6-8H2,1H3/t10-,12-/m0/s1. The molecule has 16 heavy (non-hydrogen) atoms. The maximum Gasteiger partial charge on any atom is 0.0728 e. The zero-order valence-corrected chi connectivity index (χ0v) is 9.52. The van der Waals surface area contributed by atoms with Crippen LogP contribution in [0.2, 0.25) is 0 Å². The fraction of sp³-hybridized carbons (Fsp3) is 0.583. The third-order valence-electron chi connectivity index (χ3n) is 3.48. The molecule has 2 atom stereocenters. The van der Waals surface area contributed by atoms with Crippen LogP contribution in [-0.4, -0.2) is 37.3 Å². The molecule has 2 aliphatic heterocycles. The molecular weight excluding hydrogens is 202 g/mol. The summed E-state index contributed by atoms with van der Waals surface area (Å²) in [7, 11) is 1.72. The van der Waals surface area contributed by atoms with Gasteiger partial charge in [-0.05, 0) is 18.1 Å². The van der Waals surface area contributed by atoms with Crippen molar-refractivity contribution < 1.29 is 4.74 Å². The van der Waals surface area contributed by atoms with E-state index >= 15 is 0 Å². The van der Waals surface area contributed by atoms with Crippen LogP contribution in [0.25, 0.3) is 0 Å². The minimum absolute atomic E-state index is 0.640. The number of nitrogens with one attached hydrogen (secondary N) is 1. The SMILES string of the molecule is COCc1cncc(N2C[C@@H]3C[C@H]2CN3)c1. The van der Waals surface area contributed by atoms with Gasteiger partial charge < -0.3 is 15.0 Å². The maximum atomic E-state index is 5.14. The third-order valence-corrected chi connectivity index (χ3v) is 3.48. The van der Waals surface area contributed by atoms with Crippen LogP contribution in [-0.2, 0) is 11.3 Å². The molecule has 1 aromatic rings. The van der Waals surface area contributed by atoms with E-state index in [-0.39, 0.29) is 0 Å². The zero-order valence-electron chi connectivity index (χ0n) is 9.52. The van der Waals surface area contributed by atoms with E-state index in [9.17, 15) is 0 Å². The normalized spacial score (nSPS) is 27.7. The number of piperazine rings is 1. The minimum Gasteiger partial charge on any atom is -0.380 e. The van der Waals surface area contributed by atoms with E-state index in [2.05, 4.69) is 21.3 Å².